The molecule has 15 N–H and O–H groups in total. The topological polar surface area (TPSA) is 402 Å². The second-order valence-electron chi connectivity index (χ2n) is 23.4. The molecule has 0 bridgehead atoms. The van der Waals surface area contributed by atoms with Crippen LogP contribution < -0.4 is 59.3 Å². The number of hydrogen-bond acceptors (Lipinski definition) is 13. The molecular weight excluding hydrogens is 1130 g/mol. The number of ether oxygens (including phenoxy) is 1. The summed E-state index contributed by atoms with van der Waals surface area (Å²) >= 11 is 0. The number of imidazole rings is 1. The van der Waals surface area contributed by atoms with E-state index in [0.29, 0.717) is 23.2 Å². The number of aromatic amines is 2. The van der Waals surface area contributed by atoms with Gasteiger partial charge in [-0.25, -0.2) is 9.78 Å². The van der Waals surface area contributed by atoms with Crippen LogP contribution in [0.5, 0.6) is 0 Å². The second-order valence-corrected chi connectivity index (χ2v) is 23.4. The third-order valence-electron chi connectivity index (χ3n) is 13.8. The zero-order valence-corrected chi connectivity index (χ0v) is 51.0. The summed E-state index contributed by atoms with van der Waals surface area (Å²) in [6, 6.07) is 15.2. The highest BCUT2D eigenvalue weighted by atomic mass is 16.6. The van der Waals surface area contributed by atoms with Gasteiger partial charge in [0, 0.05) is 67.1 Å². The van der Waals surface area contributed by atoms with Crippen LogP contribution in [0.2, 0.25) is 0 Å². The van der Waals surface area contributed by atoms with Gasteiger partial charge in [0.25, 0.3) is 0 Å². The minimum Gasteiger partial charge on any atom is -0.444 e. The van der Waals surface area contributed by atoms with Crippen molar-refractivity contribution in [2.75, 3.05) is 6.54 Å². The van der Waals surface area contributed by atoms with Gasteiger partial charge >= 0.3 is 6.09 Å². The highest BCUT2D eigenvalue weighted by molar-refractivity contribution is 5.98. The molecule has 2 heterocycles. The number of nitrogens with zero attached hydrogens (tertiary/aromatic N) is 1. The molecular formula is C62H84N14O12. The number of alkyl carbamates (subject to hydrolysis) is 1. The van der Waals surface area contributed by atoms with Crippen LogP contribution in [0.15, 0.2) is 104 Å². The molecule has 11 amide bonds. The summed E-state index contributed by atoms with van der Waals surface area (Å²) in [5, 5.41) is 24.6. The monoisotopic (exact) mass is 1220 g/mol. The van der Waals surface area contributed by atoms with E-state index < -0.39 is 132 Å². The van der Waals surface area contributed by atoms with Crippen LogP contribution >= 0.6 is 0 Å². The predicted molar refractivity (Wildman–Crippen MR) is 326 cm³/mol. The number of fused-ring (bicyclic) bond motifs is 1. The molecule has 0 aliphatic heterocycles. The number of para-hydroxylation sites is 1. The van der Waals surface area contributed by atoms with E-state index in [1.807, 2.05) is 50.2 Å². The molecule has 26 heteroatoms. The number of carbonyl (C=O) groups excluding carboxylic acids is 11. The minimum atomic E-state index is -1.48. The van der Waals surface area contributed by atoms with Gasteiger partial charge in [-0.15, -0.1) is 0 Å². The lowest BCUT2D eigenvalue weighted by Crippen LogP contribution is -2.60. The quantitative estimate of drug-likeness (QED) is 0.0283. The molecule has 0 fully saturated rings. The molecule has 474 valence electrons. The smallest absolute Gasteiger partial charge is 0.408 e. The molecule has 3 aromatic carbocycles. The molecule has 0 unspecified atom stereocenters. The van der Waals surface area contributed by atoms with Crippen molar-refractivity contribution in [3.8, 4) is 0 Å². The molecule has 5 aromatic rings. The van der Waals surface area contributed by atoms with E-state index in [4.69, 9.17) is 16.2 Å². The average Bonchev–Trinajstić information content (AvgIpc) is 3.85. The normalized spacial score (nSPS) is 14.1. The van der Waals surface area contributed by atoms with Crippen molar-refractivity contribution in [2.45, 2.75) is 161 Å². The zero-order valence-electron chi connectivity index (χ0n) is 51.0. The zero-order chi connectivity index (χ0) is 64.7. The van der Waals surface area contributed by atoms with E-state index in [-0.39, 0.29) is 50.9 Å². The van der Waals surface area contributed by atoms with E-state index in [0.717, 1.165) is 16.5 Å². The van der Waals surface area contributed by atoms with Crippen molar-refractivity contribution in [2.24, 2.45) is 23.3 Å². The predicted octanol–water partition coefficient (Wildman–Crippen LogP) is 1.43. The van der Waals surface area contributed by atoms with Crippen molar-refractivity contribution in [1.82, 2.24) is 62.8 Å². The Hall–Kier alpha value is -9.62. The number of aromatic nitrogens is 3. The van der Waals surface area contributed by atoms with E-state index >= 15 is 0 Å². The standard InChI is InChI=1S/C62H84N14O12/c1-35(2)25-46(57(83)70-41(30-51(64)78)26-38-17-11-9-12-18-38)73-59(85)49(29-42-32-65-34-68-42)71-52(79)33-67-60(86)53(36(3)4)76-54(80)37(5)69-56(82)48(28-40-31-66-44-22-16-15-21-43(40)44)74-55(81)45(23-24-50(63)77)72-58(84)47(27-39-19-13-10-14-20-39)75-61(87)88-62(6,7)8/h9-22,31-32,34-37,41,45-49,53,66H,23-30,33H2,1-8H3,(H2,63,77)(H2,64,78)(H,65,68)(H,67,86)(H,69,82)(H,70,83)(H,71,79)(H,72,84)(H,73,85)(H,74,81)(H,75,87)(H,76,80)/t37-,41-,45-,46-,47+,48-,49-,53-/m0/s1. The molecule has 88 heavy (non-hydrogen) atoms. The number of amides is 11. The average molecular weight is 1220 g/mol. The molecule has 26 nitrogen and oxygen atoms in total. The van der Waals surface area contributed by atoms with Crippen LogP contribution in [0.3, 0.4) is 0 Å². The molecule has 0 aliphatic carbocycles. The highest BCUT2D eigenvalue weighted by Gasteiger charge is 2.35. The number of nitrogens with two attached hydrogens (primary N) is 2. The van der Waals surface area contributed by atoms with Crippen molar-refractivity contribution < 1.29 is 57.5 Å². The fourth-order valence-corrected chi connectivity index (χ4v) is 9.47. The largest absolute Gasteiger partial charge is 0.444 e. The van der Waals surface area contributed by atoms with Gasteiger partial charge in [0.15, 0.2) is 0 Å². The first kappa shape index (κ1) is 69.2. The van der Waals surface area contributed by atoms with Gasteiger partial charge in [-0.3, -0.25) is 47.9 Å². The first-order valence-electron chi connectivity index (χ1n) is 29.2. The highest BCUT2D eigenvalue weighted by Crippen LogP contribution is 2.20. The third-order valence-corrected chi connectivity index (χ3v) is 13.8. The van der Waals surface area contributed by atoms with Crippen molar-refractivity contribution in [3.63, 3.8) is 0 Å². The summed E-state index contributed by atoms with van der Waals surface area (Å²) in [4.78, 5) is 159. The van der Waals surface area contributed by atoms with Gasteiger partial charge in [-0.2, -0.15) is 0 Å². The maximum Gasteiger partial charge on any atom is 0.408 e. The number of rotatable bonds is 33. The Morgan fingerprint density at radius 2 is 1.11 bits per heavy atom. The molecule has 0 spiro atoms. The van der Waals surface area contributed by atoms with Crippen molar-refractivity contribution in [1.29, 1.82) is 0 Å². The number of H-pyrrole nitrogens is 2. The fraction of sp³-hybridized carbons (Fsp3) is 0.452. The Bertz CT molecular complexity index is 3180. The first-order valence-corrected chi connectivity index (χ1v) is 29.2. The Morgan fingerprint density at radius 3 is 1.70 bits per heavy atom. The number of hydrogen-bond donors (Lipinski definition) is 13. The van der Waals surface area contributed by atoms with E-state index in [2.05, 4.69) is 62.8 Å². The van der Waals surface area contributed by atoms with E-state index in [1.165, 1.54) is 19.4 Å². The molecule has 8 atom stereocenters. The van der Waals surface area contributed by atoms with Crippen LogP contribution in [0.4, 0.5) is 4.79 Å². The lowest BCUT2D eigenvalue weighted by Gasteiger charge is -2.27. The third kappa shape index (κ3) is 23.3. The Morgan fingerprint density at radius 1 is 0.557 bits per heavy atom. The number of primary amides is 2. The summed E-state index contributed by atoms with van der Waals surface area (Å²) in [6.45, 7) is 12.6. The van der Waals surface area contributed by atoms with E-state index in [9.17, 15) is 52.7 Å². The van der Waals surface area contributed by atoms with Crippen molar-refractivity contribution >= 4 is 76.1 Å². The molecule has 2 aromatic heterocycles. The lowest BCUT2D eigenvalue weighted by molar-refractivity contribution is -0.135. The van der Waals surface area contributed by atoms with Gasteiger partial charge in [-0.05, 0) is 81.5 Å². The Kier molecular flexibility index (Phi) is 26.2. The maximum absolute atomic E-state index is 14.4. The lowest BCUT2D eigenvalue weighted by atomic mass is 9.99. The summed E-state index contributed by atoms with van der Waals surface area (Å²) in [5.41, 5.74) is 13.4. The van der Waals surface area contributed by atoms with Crippen LogP contribution in [-0.2, 0) is 78.4 Å². The van der Waals surface area contributed by atoms with Crippen LogP contribution in [0, 0.1) is 11.8 Å². The summed E-state index contributed by atoms with van der Waals surface area (Å²) in [5.74, 6) is -8.38. The SMILES string of the molecule is CC(C)C[C@H](NC(=O)[C@H](Cc1cnc[nH]1)NC(=O)CNC(=O)[C@@H](NC(=O)[C@H](C)NC(=O)[C@H](Cc1c[nH]c2ccccc12)NC(=O)[C@H](CCC(N)=O)NC(=O)[C@@H](Cc1ccccc1)NC(=O)OC(C)(C)C)C(C)C)C(=O)N[C@H](CC(N)=O)Cc1ccccc1. The molecule has 5 rings (SSSR count). The summed E-state index contributed by atoms with van der Waals surface area (Å²) in [6.07, 6.45) is 2.97. The number of carbonyl (C=O) groups is 11. The maximum atomic E-state index is 14.4. The number of nitrogens with one attached hydrogen (secondary N) is 11. The van der Waals surface area contributed by atoms with Crippen LogP contribution in [0.25, 0.3) is 10.9 Å². The van der Waals surface area contributed by atoms with Gasteiger partial charge < -0.3 is 74.0 Å². The molecule has 0 aliphatic rings. The summed E-state index contributed by atoms with van der Waals surface area (Å²) in [7, 11) is 0. The number of benzene rings is 3. The molecule has 0 saturated carbocycles. The van der Waals surface area contributed by atoms with Crippen LogP contribution in [0.1, 0.15) is 103 Å². The Labute approximate surface area is 511 Å². The fourth-order valence-electron chi connectivity index (χ4n) is 9.47. The van der Waals surface area contributed by atoms with Crippen LogP contribution in [-0.4, -0.2) is 141 Å². The second kappa shape index (κ2) is 33.3. The van der Waals surface area contributed by atoms with Crippen molar-refractivity contribution in [3.05, 3.63) is 126 Å². The molecule has 0 saturated heterocycles. The van der Waals surface area contributed by atoms with Gasteiger partial charge in [-0.1, -0.05) is 107 Å². The van der Waals surface area contributed by atoms with Gasteiger partial charge in [0.05, 0.1) is 12.9 Å². The van der Waals surface area contributed by atoms with Gasteiger partial charge in [0.2, 0.25) is 59.1 Å². The van der Waals surface area contributed by atoms with E-state index in [1.54, 1.807) is 89.3 Å². The molecule has 0 radical (unpaired) electrons. The minimum absolute atomic E-state index is 0.0201. The Balaban J connectivity index is 1.28. The first-order chi connectivity index (χ1) is 41.6. The van der Waals surface area contributed by atoms with Gasteiger partial charge in [0.1, 0.15) is 47.9 Å². The summed E-state index contributed by atoms with van der Waals surface area (Å²) < 4.78 is 5.42.